The zero-order valence-electron chi connectivity index (χ0n) is 38.3. The van der Waals surface area contributed by atoms with Crippen molar-refractivity contribution >= 4 is 41.1 Å². The molecule has 2 heterocycles. The van der Waals surface area contributed by atoms with Crippen LogP contribution in [0.1, 0.15) is 132 Å². The minimum atomic E-state index is -0.872. The minimum absolute atomic E-state index is 0.0135. The molecule has 7 atom stereocenters. The number of nitrogens with zero attached hydrogens (tertiary/aromatic N) is 3. The van der Waals surface area contributed by atoms with Crippen LogP contribution in [0.4, 0.5) is 4.79 Å². The highest BCUT2D eigenvalue weighted by atomic mass is 32.1. The molecule has 0 radical (unpaired) electrons. The number of hydrogen-bond acceptors (Lipinski definition) is 13. The Morgan fingerprint density at radius 2 is 1.79 bits per heavy atom. The average molecular weight is 901 g/mol. The number of benzene rings is 1. The molecular weight excluding hydrogens is 829 g/mol. The molecule has 0 bridgehead atoms. The summed E-state index contributed by atoms with van der Waals surface area (Å²) in [5.74, 6) is -2.04. The summed E-state index contributed by atoms with van der Waals surface area (Å²) < 4.78 is 16.7. The van der Waals surface area contributed by atoms with Gasteiger partial charge in [-0.3, -0.25) is 29.5 Å². The Balaban J connectivity index is 1.49. The van der Waals surface area contributed by atoms with E-state index in [4.69, 9.17) is 24.9 Å². The van der Waals surface area contributed by atoms with E-state index < -0.39 is 42.0 Å². The van der Waals surface area contributed by atoms with Crippen molar-refractivity contribution in [3.63, 3.8) is 0 Å². The van der Waals surface area contributed by atoms with Crippen LogP contribution in [-0.2, 0) is 35.0 Å². The number of amides is 5. The third-order valence-corrected chi connectivity index (χ3v) is 12.9. The molecule has 1 aromatic carbocycles. The summed E-state index contributed by atoms with van der Waals surface area (Å²) in [6.07, 6.45) is 4.65. The Hall–Kier alpha value is -4.36. The van der Waals surface area contributed by atoms with Crippen molar-refractivity contribution in [2.45, 2.75) is 136 Å². The number of piperidine rings is 1. The van der Waals surface area contributed by atoms with Gasteiger partial charge in [-0.15, -0.1) is 11.3 Å². The van der Waals surface area contributed by atoms with Crippen LogP contribution < -0.4 is 27.2 Å². The van der Waals surface area contributed by atoms with Gasteiger partial charge in [0, 0.05) is 43.6 Å². The van der Waals surface area contributed by atoms with Gasteiger partial charge in [0.15, 0.2) is 0 Å². The van der Waals surface area contributed by atoms with Crippen molar-refractivity contribution in [1.82, 2.24) is 36.3 Å². The summed E-state index contributed by atoms with van der Waals surface area (Å²) >= 11 is 1.32. The number of aromatic nitrogens is 1. The van der Waals surface area contributed by atoms with Crippen LogP contribution in [0.25, 0.3) is 0 Å². The molecule has 0 spiro atoms. The Morgan fingerprint density at radius 3 is 2.48 bits per heavy atom. The highest BCUT2D eigenvalue weighted by Crippen LogP contribution is 2.35. The molecular formula is C45H72N8O9S. The number of nitrogens with two attached hydrogens (primary N) is 1. The average Bonchev–Trinajstić information content (AvgIpc) is 3.77. The molecule has 2 aromatic rings. The standard InChI is InChI=1S/C45H72N8O9S/c1-8-17-53(44(58)39(29(6)10-3)49-42(57)36-13-11-12-18-52(36)7)37(28(4)5)26-38(61-19-9-2)43-48-35(27-63-43)41(56)47-31-23-30-14-15-32(54)25-33(30)34(24-31)40(55)50-51-45(59)62-22-21-60-20-16-46/h14-15,25,27-29,31,34,36-39,54H,8-13,16-24,26,46H2,1-7H3,(H,47,56)(H,49,57)(H,50,55)(H,51,59)/t29-,31-,34+,36+,37?,38+,39-/m0/s1. The van der Waals surface area contributed by atoms with E-state index in [1.54, 1.807) is 11.4 Å². The zero-order chi connectivity index (χ0) is 46.1. The van der Waals surface area contributed by atoms with Crippen LogP contribution in [0.3, 0.4) is 0 Å². The largest absolute Gasteiger partial charge is 0.508 e. The maximum Gasteiger partial charge on any atom is 0.426 e. The number of carbonyl (C=O) groups excluding carboxylic acids is 5. The Labute approximate surface area is 376 Å². The molecule has 352 valence electrons. The number of fused-ring (bicyclic) bond motifs is 1. The van der Waals surface area contributed by atoms with Crippen LogP contribution in [-0.4, -0.2) is 127 Å². The number of carbonyl (C=O) groups is 5. The number of ether oxygens (including phenoxy) is 3. The van der Waals surface area contributed by atoms with Crippen molar-refractivity contribution in [2.75, 3.05) is 53.1 Å². The first-order valence-electron chi connectivity index (χ1n) is 22.7. The van der Waals surface area contributed by atoms with E-state index in [9.17, 15) is 29.1 Å². The first kappa shape index (κ1) is 51.3. The molecule has 1 unspecified atom stereocenters. The number of hydrazine groups is 1. The lowest BCUT2D eigenvalue weighted by Crippen LogP contribution is -2.58. The molecule has 1 aliphatic carbocycles. The second-order valence-electron chi connectivity index (χ2n) is 17.1. The van der Waals surface area contributed by atoms with Crippen LogP contribution >= 0.6 is 11.3 Å². The number of aromatic hydroxyl groups is 1. The smallest absolute Gasteiger partial charge is 0.426 e. The third kappa shape index (κ3) is 14.8. The number of likely N-dealkylation sites (N-methyl/N-ethyl adjacent to an activating group) is 1. The molecule has 1 fully saturated rings. The fraction of sp³-hybridized carbons (Fsp3) is 0.689. The van der Waals surface area contributed by atoms with Gasteiger partial charge in [0.25, 0.3) is 5.91 Å². The van der Waals surface area contributed by atoms with Gasteiger partial charge in [0.2, 0.25) is 17.7 Å². The number of phenolic OH excluding ortho intramolecular Hbond substituents is 1. The summed E-state index contributed by atoms with van der Waals surface area (Å²) in [7, 11) is 1.97. The van der Waals surface area contributed by atoms with E-state index >= 15 is 0 Å². The fourth-order valence-electron chi connectivity index (χ4n) is 8.30. The predicted octanol–water partition coefficient (Wildman–Crippen LogP) is 4.55. The molecule has 5 amide bonds. The van der Waals surface area contributed by atoms with Crippen molar-refractivity contribution in [1.29, 1.82) is 0 Å². The predicted molar refractivity (Wildman–Crippen MR) is 241 cm³/mol. The molecule has 18 heteroatoms. The minimum Gasteiger partial charge on any atom is -0.508 e. The molecule has 1 aliphatic heterocycles. The van der Waals surface area contributed by atoms with Crippen molar-refractivity contribution < 1.29 is 43.3 Å². The molecule has 1 saturated heterocycles. The molecule has 0 saturated carbocycles. The third-order valence-electron chi connectivity index (χ3n) is 11.9. The molecule has 7 N–H and O–H groups in total. The van der Waals surface area contributed by atoms with Gasteiger partial charge in [-0.25, -0.2) is 15.2 Å². The van der Waals surface area contributed by atoms with E-state index in [1.807, 2.05) is 39.6 Å². The van der Waals surface area contributed by atoms with Crippen molar-refractivity contribution in [2.24, 2.45) is 17.6 Å². The molecule has 63 heavy (non-hydrogen) atoms. The van der Waals surface area contributed by atoms with Gasteiger partial charge in [0.05, 0.1) is 25.2 Å². The monoisotopic (exact) mass is 901 g/mol. The molecule has 1 aromatic heterocycles. The number of rotatable bonds is 23. The topological polar surface area (TPSA) is 227 Å². The Kier molecular flexibility index (Phi) is 21.0. The second kappa shape index (κ2) is 25.8. The van der Waals surface area contributed by atoms with E-state index in [1.165, 1.54) is 23.5 Å². The van der Waals surface area contributed by atoms with Gasteiger partial charge in [-0.1, -0.05) is 60.5 Å². The van der Waals surface area contributed by atoms with Gasteiger partial charge < -0.3 is 40.6 Å². The fourth-order valence-corrected chi connectivity index (χ4v) is 9.16. The van der Waals surface area contributed by atoms with E-state index in [2.05, 4.69) is 40.2 Å². The van der Waals surface area contributed by atoms with E-state index in [0.717, 1.165) is 50.6 Å². The summed E-state index contributed by atoms with van der Waals surface area (Å²) in [6.45, 7) is 14.9. The number of likely N-dealkylation sites (tertiary alicyclic amines) is 1. The van der Waals surface area contributed by atoms with Crippen LogP contribution in [0.2, 0.25) is 0 Å². The van der Waals surface area contributed by atoms with Crippen LogP contribution in [0.15, 0.2) is 23.6 Å². The maximum atomic E-state index is 14.7. The zero-order valence-corrected chi connectivity index (χ0v) is 39.1. The first-order chi connectivity index (χ1) is 30.2. The highest BCUT2D eigenvalue weighted by molar-refractivity contribution is 7.09. The highest BCUT2D eigenvalue weighted by Gasteiger charge is 2.39. The molecule has 2 aliphatic rings. The normalized spacial score (nSPS) is 19.5. The van der Waals surface area contributed by atoms with Gasteiger partial charge in [0.1, 0.15) is 35.2 Å². The molecule has 17 nitrogen and oxygen atoms in total. The summed E-state index contributed by atoms with van der Waals surface area (Å²) in [4.78, 5) is 76.7. The number of thiazole rings is 1. The van der Waals surface area contributed by atoms with E-state index in [-0.39, 0.29) is 66.8 Å². The SMILES string of the molecule is CCCO[C@H](CC(C(C)C)N(CCC)C(=O)[C@@H](NC(=O)[C@H]1CCCCN1C)[C@@H](C)CC)c1nc(C(=O)N[C@H]2Cc3ccc(O)cc3[C@H](C(=O)NNC(=O)OCCOCCN)C2)cs1. The van der Waals surface area contributed by atoms with Crippen molar-refractivity contribution in [3.8, 4) is 5.75 Å². The van der Waals surface area contributed by atoms with Crippen LogP contribution in [0, 0.1) is 11.8 Å². The Morgan fingerprint density at radius 1 is 1.02 bits per heavy atom. The Bertz CT molecular complexity index is 1800. The maximum absolute atomic E-state index is 14.7. The summed E-state index contributed by atoms with van der Waals surface area (Å²) in [6, 6.07) is 3.09. The lowest BCUT2D eigenvalue weighted by atomic mass is 9.79. The van der Waals surface area contributed by atoms with Crippen LogP contribution in [0.5, 0.6) is 5.75 Å². The van der Waals surface area contributed by atoms with E-state index in [0.29, 0.717) is 49.7 Å². The first-order valence-corrected chi connectivity index (χ1v) is 23.6. The van der Waals surface area contributed by atoms with Gasteiger partial charge >= 0.3 is 6.09 Å². The van der Waals surface area contributed by atoms with Crippen molar-refractivity contribution in [3.05, 3.63) is 45.4 Å². The number of hydrogen-bond donors (Lipinski definition) is 6. The number of phenols is 1. The quantitative estimate of drug-likeness (QED) is 0.0668. The summed E-state index contributed by atoms with van der Waals surface area (Å²) in [5.41, 5.74) is 11.6. The summed E-state index contributed by atoms with van der Waals surface area (Å²) in [5, 5.41) is 18.8. The lowest BCUT2D eigenvalue weighted by molar-refractivity contribution is -0.143. The number of nitrogens with one attached hydrogen (secondary N) is 4. The van der Waals surface area contributed by atoms with Gasteiger partial charge in [-0.2, -0.15) is 0 Å². The second-order valence-corrected chi connectivity index (χ2v) is 18.0. The lowest BCUT2D eigenvalue weighted by Gasteiger charge is -2.40. The molecule has 4 rings (SSSR count). The van der Waals surface area contributed by atoms with Gasteiger partial charge in [-0.05, 0) is 87.2 Å².